The molecule has 1 aromatic rings. The number of hydrogen-bond donors (Lipinski definition) is 0. The molecule has 0 aliphatic carbocycles. The van der Waals surface area contributed by atoms with Gasteiger partial charge in [0.15, 0.2) is 0 Å². The molecule has 2 nitrogen and oxygen atoms in total. The summed E-state index contributed by atoms with van der Waals surface area (Å²) in [5, 5.41) is 0. The molecule has 1 atom stereocenters. The van der Waals surface area contributed by atoms with Crippen molar-refractivity contribution in [3.8, 4) is 0 Å². The van der Waals surface area contributed by atoms with Gasteiger partial charge in [0, 0.05) is 0 Å². The molecular formula is C10H8O2Se. The van der Waals surface area contributed by atoms with Gasteiger partial charge in [0.1, 0.15) is 0 Å². The Morgan fingerprint density at radius 1 is 1.38 bits per heavy atom. The van der Waals surface area contributed by atoms with Crippen LogP contribution < -0.4 is 4.46 Å². The zero-order valence-corrected chi connectivity index (χ0v) is 8.82. The Labute approximate surface area is 82.5 Å². The van der Waals surface area contributed by atoms with E-state index >= 15 is 0 Å². The van der Waals surface area contributed by atoms with Crippen molar-refractivity contribution in [2.24, 2.45) is 0 Å². The van der Waals surface area contributed by atoms with E-state index in [1.165, 1.54) is 6.92 Å². The van der Waals surface area contributed by atoms with Gasteiger partial charge in [0.05, 0.1) is 0 Å². The summed E-state index contributed by atoms with van der Waals surface area (Å²) in [6.45, 7) is 1.49. The van der Waals surface area contributed by atoms with Crippen LogP contribution in [0.1, 0.15) is 18.4 Å². The van der Waals surface area contributed by atoms with Crippen molar-refractivity contribution in [2.75, 3.05) is 0 Å². The fourth-order valence-corrected chi connectivity index (χ4v) is 3.75. The van der Waals surface area contributed by atoms with Crippen LogP contribution in [0.2, 0.25) is 0 Å². The van der Waals surface area contributed by atoms with Crippen molar-refractivity contribution in [2.45, 2.75) is 12.8 Å². The monoisotopic (exact) mass is 240 g/mol. The molecule has 3 heteroatoms. The molecule has 0 bridgehead atoms. The number of hydrogen-bond acceptors (Lipinski definition) is 2. The van der Waals surface area contributed by atoms with Crippen LogP contribution in [0.15, 0.2) is 24.3 Å². The Morgan fingerprint density at radius 2 is 2.08 bits per heavy atom. The van der Waals surface area contributed by atoms with E-state index in [9.17, 15) is 9.59 Å². The molecule has 1 unspecified atom stereocenters. The summed E-state index contributed by atoms with van der Waals surface area (Å²) >= 11 is -0.146. The maximum atomic E-state index is 11.5. The van der Waals surface area contributed by atoms with E-state index in [2.05, 4.69) is 0 Å². The Bertz CT molecular complexity index is 384. The summed E-state index contributed by atoms with van der Waals surface area (Å²) in [5.41, 5.74) is 0.931. The first kappa shape index (κ1) is 8.67. The fourth-order valence-electron chi connectivity index (χ4n) is 1.49. The summed E-state index contributed by atoms with van der Waals surface area (Å²) in [6, 6.07) is 7.62. The molecule has 13 heavy (non-hydrogen) atoms. The van der Waals surface area contributed by atoms with E-state index in [-0.39, 0.29) is 25.4 Å². The molecule has 66 valence electrons. The Hall–Kier alpha value is -0.921. The number of carbonyl (C=O) groups excluding carboxylic acids is 2. The number of fused-ring (bicyclic) bond motifs is 1. The molecule has 0 N–H and O–H groups in total. The van der Waals surface area contributed by atoms with Crippen LogP contribution >= 0.6 is 0 Å². The van der Waals surface area contributed by atoms with Gasteiger partial charge in [-0.3, -0.25) is 0 Å². The zero-order chi connectivity index (χ0) is 9.42. The van der Waals surface area contributed by atoms with Gasteiger partial charge in [-0.1, -0.05) is 0 Å². The molecule has 0 saturated heterocycles. The molecule has 2 rings (SSSR count). The molecule has 1 heterocycles. The van der Waals surface area contributed by atoms with E-state index in [4.69, 9.17) is 0 Å². The van der Waals surface area contributed by atoms with E-state index in [0.29, 0.717) is 0 Å². The number of ketones is 1. The van der Waals surface area contributed by atoms with Crippen molar-refractivity contribution >= 4 is 29.9 Å². The van der Waals surface area contributed by atoms with Gasteiger partial charge in [0.2, 0.25) is 0 Å². The number of benzene rings is 1. The normalized spacial score (nSPS) is 20.1. The van der Waals surface area contributed by atoms with E-state index in [1.54, 1.807) is 0 Å². The van der Waals surface area contributed by atoms with Crippen molar-refractivity contribution in [3.05, 3.63) is 29.8 Å². The molecule has 0 radical (unpaired) electrons. The van der Waals surface area contributed by atoms with Crippen LogP contribution in [0, 0.1) is 0 Å². The quantitative estimate of drug-likeness (QED) is 0.519. The fraction of sp³-hybridized carbons (Fsp3) is 0.200. The van der Waals surface area contributed by atoms with Gasteiger partial charge in [-0.05, 0) is 0 Å². The molecule has 1 aromatic carbocycles. The molecule has 0 spiro atoms. The van der Waals surface area contributed by atoms with Crippen LogP contribution in [-0.4, -0.2) is 25.4 Å². The van der Waals surface area contributed by atoms with E-state index in [1.807, 2.05) is 24.3 Å². The summed E-state index contributed by atoms with van der Waals surface area (Å²) < 4.78 is 1.17. The average Bonchev–Trinajstić information content (AvgIpc) is 2.39. The van der Waals surface area contributed by atoms with Gasteiger partial charge in [0.25, 0.3) is 0 Å². The maximum absolute atomic E-state index is 11.5. The SMILES string of the molecule is CC(=O)C1C(=O)[Se]c2ccccc21. The van der Waals surface area contributed by atoms with E-state index < -0.39 is 5.92 Å². The predicted octanol–water partition coefficient (Wildman–Crippen LogP) is 0.229. The molecule has 1 aliphatic heterocycles. The third kappa shape index (κ3) is 1.34. The summed E-state index contributed by atoms with van der Waals surface area (Å²) in [7, 11) is 0. The summed E-state index contributed by atoms with van der Waals surface area (Å²) in [5.74, 6) is -0.493. The number of carbonyl (C=O) groups is 2. The van der Waals surface area contributed by atoms with Crippen molar-refractivity contribution in [1.82, 2.24) is 0 Å². The minimum atomic E-state index is -0.462. The van der Waals surface area contributed by atoms with Crippen LogP contribution in [0.5, 0.6) is 0 Å². The van der Waals surface area contributed by atoms with Crippen LogP contribution in [0.3, 0.4) is 0 Å². The molecule has 0 fully saturated rings. The molecular weight excluding hydrogens is 231 g/mol. The third-order valence-electron chi connectivity index (χ3n) is 2.08. The zero-order valence-electron chi connectivity index (χ0n) is 7.11. The number of rotatable bonds is 1. The topological polar surface area (TPSA) is 34.1 Å². The second-order valence-electron chi connectivity index (χ2n) is 3.00. The van der Waals surface area contributed by atoms with Crippen LogP contribution in [-0.2, 0) is 9.59 Å². The van der Waals surface area contributed by atoms with Crippen molar-refractivity contribution in [1.29, 1.82) is 0 Å². The first-order valence-electron chi connectivity index (χ1n) is 4.01. The standard InChI is InChI=1S/C10H8O2Se/c1-6(11)9-7-4-2-3-5-8(7)13-10(9)12/h2-5,9H,1H3. The average molecular weight is 239 g/mol. The Morgan fingerprint density at radius 3 is 2.77 bits per heavy atom. The molecule has 0 aromatic heterocycles. The Balaban J connectivity index is 2.52. The van der Waals surface area contributed by atoms with E-state index in [0.717, 1.165) is 10.0 Å². The first-order chi connectivity index (χ1) is 6.20. The van der Waals surface area contributed by atoms with Gasteiger partial charge in [-0.15, -0.1) is 0 Å². The van der Waals surface area contributed by atoms with Crippen molar-refractivity contribution in [3.63, 3.8) is 0 Å². The van der Waals surface area contributed by atoms with Gasteiger partial charge in [-0.2, -0.15) is 0 Å². The molecule has 1 aliphatic rings. The second-order valence-corrected chi connectivity index (χ2v) is 5.20. The second kappa shape index (κ2) is 3.09. The van der Waals surface area contributed by atoms with Crippen LogP contribution in [0.25, 0.3) is 0 Å². The third-order valence-corrected chi connectivity index (χ3v) is 4.24. The van der Waals surface area contributed by atoms with Crippen LogP contribution in [0.4, 0.5) is 0 Å². The summed E-state index contributed by atoms with van der Waals surface area (Å²) in [4.78, 5) is 22.7. The van der Waals surface area contributed by atoms with Gasteiger partial charge >= 0.3 is 82.1 Å². The molecule has 0 amide bonds. The Kier molecular flexibility index (Phi) is 2.06. The first-order valence-corrected chi connectivity index (χ1v) is 5.72. The minimum absolute atomic E-state index is 0.0307. The van der Waals surface area contributed by atoms with Crippen molar-refractivity contribution < 1.29 is 9.59 Å². The van der Waals surface area contributed by atoms with Gasteiger partial charge in [-0.25, -0.2) is 0 Å². The molecule has 0 saturated carbocycles. The summed E-state index contributed by atoms with van der Waals surface area (Å²) in [6.07, 6.45) is 0. The predicted molar refractivity (Wildman–Crippen MR) is 50.3 cm³/mol. The number of Topliss-reactive ketones (excluding diaryl/α,β-unsaturated/α-hetero) is 1. The van der Waals surface area contributed by atoms with Gasteiger partial charge < -0.3 is 0 Å².